The van der Waals surface area contributed by atoms with Gasteiger partial charge in [-0.25, -0.2) is 0 Å². The second-order valence-corrected chi connectivity index (χ2v) is 3.77. The van der Waals surface area contributed by atoms with Crippen molar-refractivity contribution >= 4 is 22.7 Å². The molecule has 12 heavy (non-hydrogen) atoms. The molecule has 0 aliphatic rings. The summed E-state index contributed by atoms with van der Waals surface area (Å²) in [6.45, 7) is 1.85. The van der Waals surface area contributed by atoms with Crippen LogP contribution >= 0.6 is 11.6 Å². The van der Waals surface area contributed by atoms with Crippen molar-refractivity contribution in [3.05, 3.63) is 34.3 Å². The van der Waals surface area contributed by atoms with Gasteiger partial charge >= 0.3 is 0 Å². The van der Waals surface area contributed by atoms with Gasteiger partial charge in [-0.2, -0.15) is 0 Å². The molecule has 0 aliphatic heterocycles. The van der Waals surface area contributed by atoms with Gasteiger partial charge in [0, 0.05) is 10.8 Å². The van der Waals surface area contributed by atoms with Crippen molar-refractivity contribution in [3.63, 3.8) is 0 Å². The lowest BCUT2D eigenvalue weighted by Crippen LogP contribution is -1.94. The topological polar surface area (TPSA) is 40.1 Å². The number of hydrogen-bond donors (Lipinski definition) is 0. The minimum atomic E-state index is -2.07. The van der Waals surface area contributed by atoms with E-state index in [2.05, 4.69) is 0 Å². The number of benzene rings is 1. The summed E-state index contributed by atoms with van der Waals surface area (Å²) in [4.78, 5) is 0. The number of rotatable bonds is 2. The number of aryl methyl sites for hydroxylation is 1. The summed E-state index contributed by atoms with van der Waals surface area (Å²) in [6, 6.07) is 5.36. The van der Waals surface area contributed by atoms with E-state index < -0.39 is 11.1 Å². The van der Waals surface area contributed by atoms with Crippen LogP contribution in [-0.2, 0) is 16.8 Å². The zero-order valence-corrected chi connectivity index (χ0v) is 8.11. The van der Waals surface area contributed by atoms with Gasteiger partial charge in [-0.15, -0.1) is 0 Å². The van der Waals surface area contributed by atoms with Gasteiger partial charge < -0.3 is 4.55 Å². The molecule has 2 nitrogen and oxygen atoms in total. The van der Waals surface area contributed by atoms with E-state index in [4.69, 9.17) is 11.6 Å². The summed E-state index contributed by atoms with van der Waals surface area (Å²) >= 11 is 3.79. The van der Waals surface area contributed by atoms with Crippen molar-refractivity contribution in [2.75, 3.05) is 0 Å². The maximum Gasteiger partial charge on any atom is 0.0476 e. The molecule has 0 spiro atoms. The van der Waals surface area contributed by atoms with E-state index in [1.165, 1.54) is 0 Å². The Bertz CT molecular complexity index is 312. The van der Waals surface area contributed by atoms with Crippen LogP contribution in [0.25, 0.3) is 0 Å². The predicted molar refractivity (Wildman–Crippen MR) is 48.8 cm³/mol. The fourth-order valence-corrected chi connectivity index (χ4v) is 1.71. The van der Waals surface area contributed by atoms with Gasteiger partial charge in [-0.05, 0) is 18.1 Å². The van der Waals surface area contributed by atoms with E-state index in [0.29, 0.717) is 10.6 Å². The van der Waals surface area contributed by atoms with Gasteiger partial charge in [-0.1, -0.05) is 40.9 Å². The van der Waals surface area contributed by atoms with Crippen molar-refractivity contribution < 1.29 is 8.76 Å². The van der Waals surface area contributed by atoms with Gasteiger partial charge in [0.15, 0.2) is 0 Å². The molecule has 0 radical (unpaired) electrons. The van der Waals surface area contributed by atoms with Crippen LogP contribution in [-0.4, -0.2) is 8.76 Å². The molecule has 1 aromatic rings. The van der Waals surface area contributed by atoms with Crippen molar-refractivity contribution in [3.8, 4) is 0 Å². The van der Waals surface area contributed by atoms with Crippen molar-refractivity contribution in [1.29, 1.82) is 0 Å². The smallest absolute Gasteiger partial charge is 0.0476 e. The molecule has 1 aromatic carbocycles. The van der Waals surface area contributed by atoms with Gasteiger partial charge in [0.2, 0.25) is 0 Å². The summed E-state index contributed by atoms with van der Waals surface area (Å²) in [6.07, 6.45) is 0. The quantitative estimate of drug-likeness (QED) is 0.690. The largest absolute Gasteiger partial charge is 0.772 e. The van der Waals surface area contributed by atoms with Crippen LogP contribution in [0.5, 0.6) is 0 Å². The molecule has 0 aromatic heterocycles. The molecule has 1 unspecified atom stereocenters. The van der Waals surface area contributed by atoms with E-state index in [1.54, 1.807) is 12.1 Å². The van der Waals surface area contributed by atoms with Crippen molar-refractivity contribution in [2.24, 2.45) is 0 Å². The molecule has 0 saturated carbocycles. The lowest BCUT2D eigenvalue weighted by Gasteiger charge is -2.08. The Morgan fingerprint density at radius 2 is 2.25 bits per heavy atom. The lowest BCUT2D eigenvalue weighted by atomic mass is 10.2. The van der Waals surface area contributed by atoms with Gasteiger partial charge in [0.1, 0.15) is 0 Å². The highest BCUT2D eigenvalue weighted by Crippen LogP contribution is 2.20. The first-order valence-electron chi connectivity index (χ1n) is 3.41. The number of halogens is 1. The zero-order valence-electron chi connectivity index (χ0n) is 6.54. The average molecular weight is 204 g/mol. The molecule has 0 aliphatic carbocycles. The first-order valence-corrected chi connectivity index (χ1v) is 5.03. The summed E-state index contributed by atoms with van der Waals surface area (Å²) in [5, 5.41) is 0.543. The van der Waals surface area contributed by atoms with E-state index in [9.17, 15) is 8.76 Å². The summed E-state index contributed by atoms with van der Waals surface area (Å²) in [5.74, 6) is -0.0134. The second-order valence-electron chi connectivity index (χ2n) is 2.50. The highest BCUT2D eigenvalue weighted by atomic mass is 35.5. The Hall–Kier alpha value is -0.380. The van der Waals surface area contributed by atoms with E-state index in [-0.39, 0.29) is 5.75 Å². The predicted octanol–water partition coefficient (Wildman–Crippen LogP) is 2.03. The fraction of sp³-hybridized carbons (Fsp3) is 0.250. The molecule has 0 saturated heterocycles. The molecular formula is C8H8ClO2S-. The summed E-state index contributed by atoms with van der Waals surface area (Å²) < 4.78 is 20.7. The third kappa shape index (κ3) is 2.30. The van der Waals surface area contributed by atoms with Crippen LogP contribution in [0.1, 0.15) is 11.1 Å². The molecule has 4 heteroatoms. The molecule has 1 atom stereocenters. The third-order valence-electron chi connectivity index (χ3n) is 1.55. The number of hydrogen-bond acceptors (Lipinski definition) is 2. The SMILES string of the molecule is Cc1cccc(CS(=O)[O-])c1Cl. The van der Waals surface area contributed by atoms with E-state index >= 15 is 0 Å². The van der Waals surface area contributed by atoms with Crippen LogP contribution in [0, 0.1) is 6.92 Å². The maximum atomic E-state index is 10.4. The Kier molecular flexibility index (Phi) is 3.26. The Morgan fingerprint density at radius 1 is 1.58 bits per heavy atom. The van der Waals surface area contributed by atoms with Crippen LogP contribution in [0.15, 0.2) is 18.2 Å². The van der Waals surface area contributed by atoms with Gasteiger partial charge in [-0.3, -0.25) is 4.21 Å². The molecule has 0 N–H and O–H groups in total. The first kappa shape index (κ1) is 9.71. The second kappa shape index (κ2) is 4.03. The lowest BCUT2D eigenvalue weighted by molar-refractivity contribution is 0.536. The normalized spacial score (nSPS) is 12.9. The molecule has 1 rings (SSSR count). The van der Waals surface area contributed by atoms with Crippen molar-refractivity contribution in [1.82, 2.24) is 0 Å². The van der Waals surface area contributed by atoms with E-state index in [0.717, 1.165) is 5.56 Å². The first-order chi connectivity index (χ1) is 5.61. The van der Waals surface area contributed by atoms with Crippen LogP contribution < -0.4 is 0 Å². The zero-order chi connectivity index (χ0) is 9.14. The van der Waals surface area contributed by atoms with E-state index in [1.807, 2.05) is 13.0 Å². The van der Waals surface area contributed by atoms with Crippen LogP contribution in [0.4, 0.5) is 0 Å². The minimum Gasteiger partial charge on any atom is -0.772 e. The molecule has 66 valence electrons. The Morgan fingerprint density at radius 3 is 2.83 bits per heavy atom. The highest BCUT2D eigenvalue weighted by Gasteiger charge is 2.01. The maximum absolute atomic E-state index is 10.4. The Labute approximate surface area is 78.8 Å². The standard InChI is InChI=1S/C8H9ClO2S/c1-6-3-2-4-7(8(6)9)5-12(10)11/h2-4H,5H2,1H3,(H,10,11)/p-1. The minimum absolute atomic E-state index is 0.0134. The summed E-state index contributed by atoms with van der Waals surface area (Å²) in [5.41, 5.74) is 1.56. The fourth-order valence-electron chi connectivity index (χ4n) is 0.947. The Balaban J connectivity index is 3.00. The third-order valence-corrected chi connectivity index (χ3v) is 2.63. The molecule has 0 bridgehead atoms. The molecule has 0 heterocycles. The van der Waals surface area contributed by atoms with Crippen LogP contribution in [0.3, 0.4) is 0 Å². The molecular weight excluding hydrogens is 196 g/mol. The highest BCUT2D eigenvalue weighted by molar-refractivity contribution is 7.78. The monoisotopic (exact) mass is 203 g/mol. The average Bonchev–Trinajstić information content (AvgIpc) is 1.98. The summed E-state index contributed by atoms with van der Waals surface area (Å²) in [7, 11) is 0. The molecule has 0 amide bonds. The van der Waals surface area contributed by atoms with Gasteiger partial charge in [0.05, 0.1) is 0 Å². The molecule has 0 fully saturated rings. The van der Waals surface area contributed by atoms with Gasteiger partial charge in [0.25, 0.3) is 0 Å². The van der Waals surface area contributed by atoms with Crippen molar-refractivity contribution in [2.45, 2.75) is 12.7 Å². The van der Waals surface area contributed by atoms with Crippen LogP contribution in [0.2, 0.25) is 5.02 Å².